The summed E-state index contributed by atoms with van der Waals surface area (Å²) in [7, 11) is 0. The van der Waals surface area contributed by atoms with Gasteiger partial charge in [0.2, 0.25) is 0 Å². The highest BCUT2D eigenvalue weighted by molar-refractivity contribution is 9.10. The van der Waals surface area contributed by atoms with Crippen molar-refractivity contribution >= 4 is 27.7 Å². The summed E-state index contributed by atoms with van der Waals surface area (Å²) >= 11 is 5.15. The summed E-state index contributed by atoms with van der Waals surface area (Å²) in [6.07, 6.45) is 3.69. The molecule has 0 saturated carbocycles. The lowest BCUT2D eigenvalue weighted by Crippen LogP contribution is -2.28. The molecule has 90 valence electrons. The molecule has 0 radical (unpaired) electrons. The average molecular weight is 313 g/mol. The monoisotopic (exact) mass is 312 g/mol. The average Bonchev–Trinajstić information content (AvgIpc) is 2.78. The molecule has 0 aliphatic carbocycles. The van der Waals surface area contributed by atoms with E-state index in [1.54, 1.807) is 18.0 Å². The number of nitrogens with two attached hydrogens (primary N) is 1. The van der Waals surface area contributed by atoms with Crippen LogP contribution in [0.4, 0.5) is 0 Å². The number of hydrogen-bond donors (Lipinski definition) is 2. The summed E-state index contributed by atoms with van der Waals surface area (Å²) in [6, 6.07) is 9.95. The molecule has 1 atom stereocenters. The molecule has 5 heteroatoms. The number of rotatable bonds is 4. The van der Waals surface area contributed by atoms with E-state index in [0.29, 0.717) is 0 Å². The summed E-state index contributed by atoms with van der Waals surface area (Å²) in [5, 5.41) is 0. The summed E-state index contributed by atoms with van der Waals surface area (Å²) in [4.78, 5) is 1.23. The molecule has 0 fully saturated rings. The van der Waals surface area contributed by atoms with Gasteiger partial charge < -0.3 is 4.42 Å². The van der Waals surface area contributed by atoms with Crippen LogP contribution in [0, 0.1) is 0 Å². The zero-order valence-corrected chi connectivity index (χ0v) is 11.7. The van der Waals surface area contributed by atoms with Gasteiger partial charge in [0.25, 0.3) is 0 Å². The number of benzene rings is 1. The first-order valence-corrected chi connectivity index (χ1v) is 7.11. The Bertz CT molecular complexity index is 484. The van der Waals surface area contributed by atoms with Gasteiger partial charge in [0.15, 0.2) is 0 Å². The van der Waals surface area contributed by atoms with E-state index in [1.807, 2.05) is 18.2 Å². The maximum absolute atomic E-state index is 5.60. The van der Waals surface area contributed by atoms with Crippen molar-refractivity contribution in [2.24, 2.45) is 5.84 Å². The van der Waals surface area contributed by atoms with Gasteiger partial charge in [0, 0.05) is 4.90 Å². The molecule has 0 aliphatic heterocycles. The van der Waals surface area contributed by atoms with Crippen LogP contribution < -0.4 is 11.3 Å². The van der Waals surface area contributed by atoms with Crippen molar-refractivity contribution in [1.82, 2.24) is 5.43 Å². The number of thioether (sulfide) groups is 1. The van der Waals surface area contributed by atoms with E-state index in [0.717, 1.165) is 15.8 Å². The van der Waals surface area contributed by atoms with Crippen LogP contribution in [-0.4, -0.2) is 6.26 Å². The van der Waals surface area contributed by atoms with Gasteiger partial charge in [-0.25, -0.2) is 5.43 Å². The van der Waals surface area contributed by atoms with Gasteiger partial charge in [-0.05, 0) is 45.9 Å². The van der Waals surface area contributed by atoms with Crippen molar-refractivity contribution in [3.05, 3.63) is 52.4 Å². The number of furan rings is 1. The van der Waals surface area contributed by atoms with Crippen molar-refractivity contribution in [2.45, 2.75) is 10.9 Å². The molecule has 0 amide bonds. The van der Waals surface area contributed by atoms with E-state index in [9.17, 15) is 0 Å². The molecule has 0 saturated heterocycles. The van der Waals surface area contributed by atoms with E-state index in [4.69, 9.17) is 10.3 Å². The largest absolute Gasteiger partial charge is 0.466 e. The Morgan fingerprint density at radius 3 is 2.47 bits per heavy atom. The van der Waals surface area contributed by atoms with Crippen LogP contribution in [-0.2, 0) is 0 Å². The molecule has 1 unspecified atom stereocenters. The van der Waals surface area contributed by atoms with Gasteiger partial charge in [-0.2, -0.15) is 0 Å². The molecule has 0 aliphatic rings. The quantitative estimate of drug-likeness (QED) is 0.516. The van der Waals surface area contributed by atoms with Gasteiger partial charge in [-0.15, -0.1) is 11.8 Å². The summed E-state index contributed by atoms with van der Waals surface area (Å²) in [5.74, 6) is 6.38. The summed E-state index contributed by atoms with van der Waals surface area (Å²) in [6.45, 7) is 0. The van der Waals surface area contributed by atoms with Crippen LogP contribution in [0.2, 0.25) is 0 Å². The Kier molecular flexibility index (Phi) is 4.28. The van der Waals surface area contributed by atoms with Crippen molar-refractivity contribution in [3.63, 3.8) is 0 Å². The van der Waals surface area contributed by atoms with Crippen molar-refractivity contribution in [2.75, 3.05) is 6.26 Å². The molecule has 2 aromatic rings. The highest BCUT2D eigenvalue weighted by Gasteiger charge is 2.18. The summed E-state index contributed by atoms with van der Waals surface area (Å²) in [5.41, 5.74) is 3.84. The Morgan fingerprint density at radius 1 is 1.29 bits per heavy atom. The van der Waals surface area contributed by atoms with Crippen molar-refractivity contribution < 1.29 is 4.42 Å². The lowest BCUT2D eigenvalue weighted by Gasteiger charge is -2.14. The third-order valence-electron chi connectivity index (χ3n) is 2.52. The second kappa shape index (κ2) is 5.73. The minimum absolute atomic E-state index is 0.143. The fraction of sp³-hybridized carbons (Fsp3) is 0.167. The fourth-order valence-corrected chi connectivity index (χ4v) is 2.47. The van der Waals surface area contributed by atoms with Crippen LogP contribution in [0.5, 0.6) is 0 Å². The van der Waals surface area contributed by atoms with E-state index in [-0.39, 0.29) is 6.04 Å². The van der Waals surface area contributed by atoms with E-state index < -0.39 is 0 Å². The van der Waals surface area contributed by atoms with E-state index in [2.05, 4.69) is 39.7 Å². The molecular formula is C12H13BrN2OS. The Balaban J connectivity index is 2.32. The first-order chi connectivity index (χ1) is 8.26. The lowest BCUT2D eigenvalue weighted by molar-refractivity contribution is 0.449. The number of nitrogens with one attached hydrogen (secondary N) is 1. The second-order valence-electron chi connectivity index (χ2n) is 3.51. The minimum Gasteiger partial charge on any atom is -0.466 e. The summed E-state index contributed by atoms with van der Waals surface area (Å²) < 4.78 is 6.35. The minimum atomic E-state index is -0.143. The van der Waals surface area contributed by atoms with Gasteiger partial charge in [0.05, 0.1) is 10.7 Å². The van der Waals surface area contributed by atoms with E-state index >= 15 is 0 Å². The number of halogens is 1. The zero-order chi connectivity index (χ0) is 12.3. The van der Waals surface area contributed by atoms with Crippen LogP contribution in [0.1, 0.15) is 17.4 Å². The fourth-order valence-electron chi connectivity index (χ4n) is 1.63. The maximum atomic E-state index is 5.60. The molecular weight excluding hydrogens is 300 g/mol. The smallest absolute Gasteiger partial charge is 0.140 e. The SMILES string of the molecule is CSc1ccc(C(NN)c2occc2Br)cc1. The third-order valence-corrected chi connectivity index (χ3v) is 3.92. The zero-order valence-electron chi connectivity index (χ0n) is 9.31. The molecule has 1 heterocycles. The lowest BCUT2D eigenvalue weighted by atomic mass is 10.1. The Labute approximate surface area is 113 Å². The van der Waals surface area contributed by atoms with Crippen molar-refractivity contribution in [3.8, 4) is 0 Å². The Morgan fingerprint density at radius 2 is 2.00 bits per heavy atom. The standard InChI is InChI=1S/C12H13BrN2OS/c1-17-9-4-2-8(3-5-9)11(15-14)12-10(13)6-7-16-12/h2-7,11,15H,14H2,1H3. The number of hydrazine groups is 1. The van der Waals surface area contributed by atoms with Gasteiger partial charge >= 0.3 is 0 Å². The molecule has 0 spiro atoms. The van der Waals surface area contributed by atoms with Crippen molar-refractivity contribution in [1.29, 1.82) is 0 Å². The maximum Gasteiger partial charge on any atom is 0.140 e. The molecule has 17 heavy (non-hydrogen) atoms. The number of hydrogen-bond acceptors (Lipinski definition) is 4. The van der Waals surface area contributed by atoms with E-state index in [1.165, 1.54) is 4.90 Å². The first-order valence-electron chi connectivity index (χ1n) is 5.09. The van der Waals surface area contributed by atoms with Gasteiger partial charge in [-0.1, -0.05) is 12.1 Å². The van der Waals surface area contributed by atoms with Crippen LogP contribution in [0.3, 0.4) is 0 Å². The first kappa shape index (κ1) is 12.7. The molecule has 2 rings (SSSR count). The second-order valence-corrected chi connectivity index (χ2v) is 5.24. The van der Waals surface area contributed by atoms with Crippen LogP contribution in [0.25, 0.3) is 0 Å². The van der Waals surface area contributed by atoms with Crippen LogP contribution >= 0.6 is 27.7 Å². The topological polar surface area (TPSA) is 51.2 Å². The molecule has 0 bridgehead atoms. The molecule has 3 nitrogen and oxygen atoms in total. The molecule has 1 aromatic carbocycles. The predicted octanol–water partition coefficient (Wildman–Crippen LogP) is 3.32. The normalized spacial score (nSPS) is 12.6. The highest BCUT2D eigenvalue weighted by atomic mass is 79.9. The van der Waals surface area contributed by atoms with Gasteiger partial charge in [0.1, 0.15) is 11.8 Å². The van der Waals surface area contributed by atoms with Gasteiger partial charge in [-0.3, -0.25) is 5.84 Å². The van der Waals surface area contributed by atoms with Crippen LogP contribution in [0.15, 0.2) is 50.4 Å². The molecule has 3 N–H and O–H groups in total. The predicted molar refractivity (Wildman–Crippen MR) is 73.8 cm³/mol. The molecule has 1 aromatic heterocycles. The third kappa shape index (κ3) is 2.74. The Hall–Kier alpha value is -0.750. The highest BCUT2D eigenvalue weighted by Crippen LogP contribution is 2.29.